The van der Waals surface area contributed by atoms with Crippen molar-refractivity contribution in [2.24, 2.45) is 5.92 Å². The van der Waals surface area contributed by atoms with E-state index in [0.717, 1.165) is 12.3 Å². The molecule has 1 amide bonds. The van der Waals surface area contributed by atoms with Gasteiger partial charge < -0.3 is 15.4 Å². The molecule has 3 rings (SSSR count). The number of alkyl halides is 5. The SMILES string of the molecule is CCn1nc(C(=O)NCC2CCC(S(C)(=O)=O)CC2)c(Cl)c1-c1cnc(NC(C)(C)CC(F)(F)F)cc1OC(F)F. The van der Waals surface area contributed by atoms with Crippen LogP contribution in [0.1, 0.15) is 63.4 Å². The highest BCUT2D eigenvalue weighted by Gasteiger charge is 2.37. The van der Waals surface area contributed by atoms with E-state index >= 15 is 0 Å². The zero-order valence-electron chi connectivity index (χ0n) is 23.0. The highest BCUT2D eigenvalue weighted by atomic mass is 35.5. The Hall–Kier alpha value is -2.68. The van der Waals surface area contributed by atoms with Gasteiger partial charge in [0.2, 0.25) is 0 Å². The van der Waals surface area contributed by atoms with Crippen molar-refractivity contribution in [2.75, 3.05) is 18.1 Å². The summed E-state index contributed by atoms with van der Waals surface area (Å²) in [5.74, 6) is -1.10. The summed E-state index contributed by atoms with van der Waals surface area (Å²) in [4.78, 5) is 17.1. The van der Waals surface area contributed by atoms with Crippen molar-refractivity contribution in [3.05, 3.63) is 23.0 Å². The average molecular weight is 630 g/mol. The first-order valence-corrected chi connectivity index (χ1v) is 15.3. The molecule has 0 saturated heterocycles. The molecule has 1 fully saturated rings. The van der Waals surface area contributed by atoms with Gasteiger partial charge >= 0.3 is 12.8 Å². The Kier molecular flexibility index (Phi) is 10.1. The molecular weight excluding hydrogens is 597 g/mol. The number of rotatable bonds is 11. The number of sulfone groups is 1. The first-order valence-electron chi connectivity index (χ1n) is 12.9. The van der Waals surface area contributed by atoms with Gasteiger partial charge in [-0.25, -0.2) is 13.4 Å². The van der Waals surface area contributed by atoms with Gasteiger partial charge in [0.25, 0.3) is 5.91 Å². The first kappa shape index (κ1) is 32.8. The van der Waals surface area contributed by atoms with Gasteiger partial charge in [-0.3, -0.25) is 9.48 Å². The highest BCUT2D eigenvalue weighted by Crippen LogP contribution is 2.39. The third kappa shape index (κ3) is 8.90. The maximum Gasteiger partial charge on any atom is 0.391 e. The van der Waals surface area contributed by atoms with Crippen LogP contribution >= 0.6 is 11.6 Å². The summed E-state index contributed by atoms with van der Waals surface area (Å²) in [6.07, 6.45) is -1.09. The molecule has 0 aromatic carbocycles. The standard InChI is InChI=1S/C25H33ClF5N5O4S/c1-5-36-21(16-12-32-18(10-17(16)40-23(27)28)34-24(2,3)13-25(29,30)31)19(26)20(35-36)22(37)33-11-14-6-8-15(9-7-14)41(4,38)39/h10,12,14-15,23H,5-9,11,13H2,1-4H3,(H,32,34)(H,33,37). The lowest BCUT2D eigenvalue weighted by atomic mass is 9.89. The normalized spacial score (nSPS) is 18.4. The van der Waals surface area contributed by atoms with Gasteiger partial charge in [-0.1, -0.05) is 11.6 Å². The van der Waals surface area contributed by atoms with Crippen molar-refractivity contribution in [2.45, 2.75) is 83.0 Å². The van der Waals surface area contributed by atoms with Crippen LogP contribution in [0.25, 0.3) is 11.3 Å². The molecule has 0 atom stereocenters. The van der Waals surface area contributed by atoms with Crippen molar-refractivity contribution >= 4 is 33.2 Å². The number of hydrogen-bond acceptors (Lipinski definition) is 7. The van der Waals surface area contributed by atoms with Crippen LogP contribution in [0.3, 0.4) is 0 Å². The minimum Gasteiger partial charge on any atom is -0.434 e. The van der Waals surface area contributed by atoms with Gasteiger partial charge in [0.15, 0.2) is 5.69 Å². The van der Waals surface area contributed by atoms with E-state index in [1.54, 1.807) is 6.92 Å². The summed E-state index contributed by atoms with van der Waals surface area (Å²) in [6.45, 7) is 1.44. The number of hydrogen-bond donors (Lipinski definition) is 2. The minimum absolute atomic E-state index is 0.0398. The van der Waals surface area contributed by atoms with Crippen LogP contribution in [0.2, 0.25) is 5.02 Å². The van der Waals surface area contributed by atoms with Gasteiger partial charge in [-0.05, 0) is 52.4 Å². The Balaban J connectivity index is 1.84. The van der Waals surface area contributed by atoms with Crippen LogP contribution in [0.5, 0.6) is 5.75 Å². The summed E-state index contributed by atoms with van der Waals surface area (Å²) in [5, 5.41) is 9.05. The Morgan fingerprint density at radius 1 is 1.22 bits per heavy atom. The molecule has 0 bridgehead atoms. The molecule has 1 aliphatic rings. The number of anilines is 1. The largest absolute Gasteiger partial charge is 0.434 e. The quantitative estimate of drug-likeness (QED) is 0.307. The van der Waals surface area contributed by atoms with E-state index in [1.165, 1.54) is 24.8 Å². The number of carbonyl (C=O) groups is 1. The number of amides is 1. The Labute approximate surface area is 240 Å². The van der Waals surface area contributed by atoms with Crippen LogP contribution in [0.15, 0.2) is 12.3 Å². The molecule has 16 heteroatoms. The number of carbonyl (C=O) groups excluding carboxylic acids is 1. The van der Waals surface area contributed by atoms with E-state index in [0.29, 0.717) is 25.7 Å². The van der Waals surface area contributed by atoms with Gasteiger partial charge in [0, 0.05) is 37.1 Å². The van der Waals surface area contributed by atoms with Crippen molar-refractivity contribution < 1.29 is 39.9 Å². The van der Waals surface area contributed by atoms with Crippen LogP contribution in [-0.4, -0.2) is 65.5 Å². The summed E-state index contributed by atoms with van der Waals surface area (Å²) in [7, 11) is -3.12. The monoisotopic (exact) mass is 629 g/mol. The van der Waals surface area contributed by atoms with Crippen LogP contribution < -0.4 is 15.4 Å². The minimum atomic E-state index is -4.48. The Bertz CT molecular complexity index is 1340. The molecule has 2 aromatic heterocycles. The van der Waals surface area contributed by atoms with Crippen LogP contribution in [0, 0.1) is 5.92 Å². The fourth-order valence-corrected chi connectivity index (χ4v) is 6.38. The number of nitrogens with one attached hydrogen (secondary N) is 2. The molecule has 1 aliphatic carbocycles. The number of halogens is 6. The number of nitrogens with zero attached hydrogens (tertiary/aromatic N) is 3. The van der Waals surface area contributed by atoms with Crippen molar-refractivity contribution in [3.63, 3.8) is 0 Å². The molecule has 230 valence electrons. The van der Waals surface area contributed by atoms with Gasteiger partial charge in [-0.15, -0.1) is 0 Å². The maximum atomic E-state index is 13.3. The van der Waals surface area contributed by atoms with E-state index in [1.807, 2.05) is 0 Å². The lowest BCUT2D eigenvalue weighted by Crippen LogP contribution is -2.36. The lowest BCUT2D eigenvalue weighted by Gasteiger charge is -2.28. The highest BCUT2D eigenvalue weighted by molar-refractivity contribution is 7.91. The molecule has 0 spiro atoms. The predicted molar refractivity (Wildman–Crippen MR) is 144 cm³/mol. The Morgan fingerprint density at radius 3 is 2.39 bits per heavy atom. The molecule has 2 aromatic rings. The second-order valence-corrected chi connectivity index (χ2v) is 13.5. The summed E-state index contributed by atoms with van der Waals surface area (Å²) < 4.78 is 95.0. The van der Waals surface area contributed by atoms with E-state index in [4.69, 9.17) is 11.6 Å². The van der Waals surface area contributed by atoms with Gasteiger partial charge in [-0.2, -0.15) is 27.1 Å². The molecule has 2 N–H and O–H groups in total. The summed E-state index contributed by atoms with van der Waals surface area (Å²) >= 11 is 6.53. The number of ether oxygens (including phenoxy) is 1. The second-order valence-electron chi connectivity index (χ2n) is 10.8. The molecular formula is C25H33ClF5N5O4S. The van der Waals surface area contributed by atoms with E-state index in [2.05, 4.69) is 25.5 Å². The van der Waals surface area contributed by atoms with Crippen molar-refractivity contribution in [1.82, 2.24) is 20.1 Å². The zero-order chi connectivity index (χ0) is 30.8. The molecule has 0 radical (unpaired) electrons. The Morgan fingerprint density at radius 2 is 1.85 bits per heavy atom. The van der Waals surface area contributed by atoms with Crippen molar-refractivity contribution in [1.29, 1.82) is 0 Å². The number of aromatic nitrogens is 3. The predicted octanol–water partition coefficient (Wildman–Crippen LogP) is 5.70. The molecule has 0 aliphatic heterocycles. The smallest absolute Gasteiger partial charge is 0.391 e. The van der Waals surface area contributed by atoms with Crippen molar-refractivity contribution in [3.8, 4) is 17.0 Å². The second kappa shape index (κ2) is 12.7. The molecule has 9 nitrogen and oxygen atoms in total. The summed E-state index contributed by atoms with van der Waals surface area (Å²) in [5.41, 5.74) is -1.64. The van der Waals surface area contributed by atoms with Crippen LogP contribution in [0.4, 0.5) is 27.8 Å². The lowest BCUT2D eigenvalue weighted by molar-refractivity contribution is -0.142. The fourth-order valence-electron chi connectivity index (χ4n) is 4.92. The third-order valence-corrected chi connectivity index (χ3v) is 8.85. The number of pyridine rings is 1. The summed E-state index contributed by atoms with van der Waals surface area (Å²) in [6, 6.07) is 1.04. The van der Waals surface area contributed by atoms with Gasteiger partial charge in [0.05, 0.1) is 28.0 Å². The zero-order valence-corrected chi connectivity index (χ0v) is 24.6. The molecule has 2 heterocycles. The van der Waals surface area contributed by atoms with Crippen LogP contribution in [-0.2, 0) is 16.4 Å². The average Bonchev–Trinajstić information content (AvgIpc) is 3.16. The van der Waals surface area contributed by atoms with Gasteiger partial charge in [0.1, 0.15) is 21.4 Å². The molecule has 0 unspecified atom stereocenters. The maximum absolute atomic E-state index is 13.3. The molecule has 41 heavy (non-hydrogen) atoms. The van der Waals surface area contributed by atoms with E-state index in [9.17, 15) is 35.2 Å². The van der Waals surface area contributed by atoms with E-state index < -0.39 is 46.2 Å². The number of aryl methyl sites for hydroxylation is 1. The van der Waals surface area contributed by atoms with E-state index in [-0.39, 0.29) is 52.0 Å². The fraction of sp³-hybridized carbons (Fsp3) is 0.640. The topological polar surface area (TPSA) is 115 Å². The molecule has 1 saturated carbocycles. The third-order valence-electron chi connectivity index (χ3n) is 6.81. The first-order chi connectivity index (χ1) is 18.9.